The Hall–Kier alpha value is -2.86. The van der Waals surface area contributed by atoms with Gasteiger partial charge in [0.25, 0.3) is 5.91 Å². The highest BCUT2D eigenvalue weighted by Gasteiger charge is 2.26. The van der Waals surface area contributed by atoms with Crippen molar-refractivity contribution < 1.29 is 27.3 Å². The van der Waals surface area contributed by atoms with Crippen molar-refractivity contribution in [2.75, 3.05) is 39.0 Å². The molecule has 12 heteroatoms. The average Bonchev–Trinajstić information content (AvgIpc) is 3.20. The Morgan fingerprint density at radius 3 is 2.62 bits per heavy atom. The lowest BCUT2D eigenvalue weighted by Gasteiger charge is -2.33. The number of aryl methyl sites for hydroxylation is 1. The molecule has 0 radical (unpaired) electrons. The van der Waals surface area contributed by atoms with Crippen LogP contribution in [0.1, 0.15) is 12.3 Å². The summed E-state index contributed by atoms with van der Waals surface area (Å²) in [6.07, 6.45) is 2.91. The molecule has 0 N–H and O–H groups in total. The summed E-state index contributed by atoms with van der Waals surface area (Å²) in [6.45, 7) is 0.604. The molecule has 3 rings (SSSR count). The molecule has 1 aliphatic heterocycles. The van der Waals surface area contributed by atoms with E-state index in [2.05, 4.69) is 15.1 Å². The second-order valence-corrected chi connectivity index (χ2v) is 8.41. The van der Waals surface area contributed by atoms with Crippen LogP contribution in [-0.2, 0) is 30.8 Å². The van der Waals surface area contributed by atoms with E-state index in [4.69, 9.17) is 9.26 Å². The van der Waals surface area contributed by atoms with Crippen LogP contribution >= 0.6 is 0 Å². The van der Waals surface area contributed by atoms with E-state index in [1.165, 1.54) is 9.21 Å². The SMILES string of the molecule is CS(=O)(=O)N1CCN(C(=O)COC(=O)CCc2nc(-c3ccccn3)no2)CC1. The number of rotatable bonds is 7. The van der Waals surface area contributed by atoms with Crippen LogP contribution in [0.5, 0.6) is 0 Å². The van der Waals surface area contributed by atoms with E-state index in [1.807, 2.05) is 0 Å². The Balaban J connectivity index is 1.39. The molecule has 1 saturated heterocycles. The molecule has 1 amide bonds. The normalized spacial score (nSPS) is 15.3. The molecule has 2 aromatic rings. The molecule has 11 nitrogen and oxygen atoms in total. The molecule has 0 spiro atoms. The number of nitrogens with zero attached hydrogens (tertiary/aromatic N) is 5. The van der Waals surface area contributed by atoms with Crippen molar-refractivity contribution in [1.82, 2.24) is 24.3 Å². The Bertz CT molecular complexity index is 954. The summed E-state index contributed by atoms with van der Waals surface area (Å²) in [4.78, 5) is 33.8. The van der Waals surface area contributed by atoms with Crippen LogP contribution in [0, 0.1) is 0 Å². The van der Waals surface area contributed by atoms with E-state index in [1.54, 1.807) is 24.4 Å². The van der Waals surface area contributed by atoms with Crippen LogP contribution in [0.15, 0.2) is 28.9 Å². The zero-order chi connectivity index (χ0) is 20.9. The molecule has 29 heavy (non-hydrogen) atoms. The lowest BCUT2D eigenvalue weighted by atomic mass is 10.3. The standard InChI is InChI=1S/C17H21N5O6S/c1-29(25,26)22-10-8-21(9-11-22)15(23)12-27-16(24)6-5-14-19-17(20-28-14)13-4-2-3-7-18-13/h2-4,7H,5-6,8-12H2,1H3. The van der Waals surface area contributed by atoms with Gasteiger partial charge in [-0.3, -0.25) is 14.6 Å². The van der Waals surface area contributed by atoms with E-state index in [-0.39, 0.29) is 57.4 Å². The molecule has 0 aliphatic carbocycles. The predicted molar refractivity (Wildman–Crippen MR) is 99.8 cm³/mol. The molecular formula is C17H21N5O6S. The molecule has 0 unspecified atom stereocenters. The highest BCUT2D eigenvalue weighted by Crippen LogP contribution is 2.13. The van der Waals surface area contributed by atoms with Crippen molar-refractivity contribution in [2.45, 2.75) is 12.8 Å². The minimum absolute atomic E-state index is 0.0149. The number of pyridine rings is 1. The Labute approximate surface area is 167 Å². The van der Waals surface area contributed by atoms with Gasteiger partial charge in [0, 0.05) is 38.8 Å². The van der Waals surface area contributed by atoms with Gasteiger partial charge in [-0.05, 0) is 12.1 Å². The number of carbonyl (C=O) groups is 2. The number of carbonyl (C=O) groups excluding carboxylic acids is 2. The number of hydrogen-bond acceptors (Lipinski definition) is 9. The minimum atomic E-state index is -3.26. The third-order valence-electron chi connectivity index (χ3n) is 4.32. The molecule has 2 aromatic heterocycles. The number of aromatic nitrogens is 3. The zero-order valence-corrected chi connectivity index (χ0v) is 16.7. The molecule has 0 bridgehead atoms. The van der Waals surface area contributed by atoms with Gasteiger partial charge in [0.1, 0.15) is 5.69 Å². The first-order valence-corrected chi connectivity index (χ1v) is 10.8. The lowest BCUT2D eigenvalue weighted by molar-refractivity contribution is -0.152. The van der Waals surface area contributed by atoms with E-state index in [0.29, 0.717) is 11.5 Å². The lowest BCUT2D eigenvalue weighted by Crippen LogP contribution is -2.51. The molecule has 1 fully saturated rings. The van der Waals surface area contributed by atoms with Crippen molar-refractivity contribution in [2.24, 2.45) is 0 Å². The molecule has 0 atom stereocenters. The summed E-state index contributed by atoms with van der Waals surface area (Å²) >= 11 is 0. The molecule has 3 heterocycles. The quantitative estimate of drug-likeness (QED) is 0.550. The molecule has 0 saturated carbocycles. The van der Waals surface area contributed by atoms with Crippen LogP contribution in [0.3, 0.4) is 0 Å². The summed E-state index contributed by atoms with van der Waals surface area (Å²) in [7, 11) is -3.26. The zero-order valence-electron chi connectivity index (χ0n) is 15.9. The summed E-state index contributed by atoms with van der Waals surface area (Å²) < 4.78 is 34.4. The fraction of sp³-hybridized carbons (Fsp3) is 0.471. The van der Waals surface area contributed by atoms with Gasteiger partial charge in [-0.2, -0.15) is 9.29 Å². The van der Waals surface area contributed by atoms with Crippen molar-refractivity contribution in [3.05, 3.63) is 30.3 Å². The number of amides is 1. The second kappa shape index (κ2) is 9.09. The van der Waals surface area contributed by atoms with Crippen molar-refractivity contribution in [3.63, 3.8) is 0 Å². The Kier molecular flexibility index (Phi) is 6.54. The van der Waals surface area contributed by atoms with E-state index >= 15 is 0 Å². The maximum Gasteiger partial charge on any atom is 0.306 e. The van der Waals surface area contributed by atoms with Gasteiger partial charge in [0.05, 0.1) is 12.7 Å². The molecular weight excluding hydrogens is 402 g/mol. The van der Waals surface area contributed by atoms with Crippen LogP contribution in [0.25, 0.3) is 11.5 Å². The van der Waals surface area contributed by atoms with Gasteiger partial charge < -0.3 is 14.2 Å². The molecule has 1 aliphatic rings. The number of ether oxygens (including phenoxy) is 1. The summed E-state index contributed by atoms with van der Waals surface area (Å²) in [6, 6.07) is 5.31. The number of sulfonamides is 1. The van der Waals surface area contributed by atoms with Crippen LogP contribution in [0.2, 0.25) is 0 Å². The van der Waals surface area contributed by atoms with Gasteiger partial charge >= 0.3 is 5.97 Å². The summed E-state index contributed by atoms with van der Waals surface area (Å²) in [5, 5.41) is 3.81. The van der Waals surface area contributed by atoms with Gasteiger partial charge in [0.2, 0.25) is 21.7 Å². The molecule has 156 valence electrons. The molecule has 0 aromatic carbocycles. The average molecular weight is 423 g/mol. The first-order valence-electron chi connectivity index (χ1n) is 8.95. The largest absolute Gasteiger partial charge is 0.456 e. The maximum atomic E-state index is 12.1. The van der Waals surface area contributed by atoms with E-state index in [0.717, 1.165) is 6.26 Å². The Morgan fingerprint density at radius 1 is 1.21 bits per heavy atom. The van der Waals surface area contributed by atoms with Crippen molar-refractivity contribution in [3.8, 4) is 11.5 Å². The monoisotopic (exact) mass is 423 g/mol. The minimum Gasteiger partial charge on any atom is -0.456 e. The number of esters is 1. The van der Waals surface area contributed by atoms with Crippen LogP contribution in [0.4, 0.5) is 0 Å². The van der Waals surface area contributed by atoms with E-state index < -0.39 is 16.0 Å². The second-order valence-electron chi connectivity index (χ2n) is 6.43. The first kappa shape index (κ1) is 20.9. The van der Waals surface area contributed by atoms with E-state index in [9.17, 15) is 18.0 Å². The summed E-state index contributed by atoms with van der Waals surface area (Å²) in [5.74, 6) is -0.323. The Morgan fingerprint density at radius 2 is 1.97 bits per heavy atom. The van der Waals surface area contributed by atoms with Crippen LogP contribution in [-0.4, -0.2) is 83.7 Å². The third kappa shape index (κ3) is 5.81. The highest BCUT2D eigenvalue weighted by atomic mass is 32.2. The van der Waals surface area contributed by atoms with Crippen LogP contribution < -0.4 is 0 Å². The maximum absolute atomic E-state index is 12.1. The number of hydrogen-bond donors (Lipinski definition) is 0. The number of piperazine rings is 1. The predicted octanol–water partition coefficient (Wildman–Crippen LogP) is -0.289. The smallest absolute Gasteiger partial charge is 0.306 e. The fourth-order valence-corrected chi connectivity index (χ4v) is 3.57. The third-order valence-corrected chi connectivity index (χ3v) is 5.63. The fourth-order valence-electron chi connectivity index (χ4n) is 2.74. The first-order chi connectivity index (χ1) is 13.8. The van der Waals surface area contributed by atoms with Gasteiger partial charge in [0.15, 0.2) is 6.61 Å². The highest BCUT2D eigenvalue weighted by molar-refractivity contribution is 7.88. The van der Waals surface area contributed by atoms with Gasteiger partial charge in [-0.1, -0.05) is 11.2 Å². The summed E-state index contributed by atoms with van der Waals surface area (Å²) in [5.41, 5.74) is 0.562. The van der Waals surface area contributed by atoms with Gasteiger partial charge in [-0.15, -0.1) is 0 Å². The van der Waals surface area contributed by atoms with Crippen molar-refractivity contribution >= 4 is 21.9 Å². The van der Waals surface area contributed by atoms with Crippen molar-refractivity contribution in [1.29, 1.82) is 0 Å². The van der Waals surface area contributed by atoms with Gasteiger partial charge in [-0.25, -0.2) is 8.42 Å². The topological polar surface area (TPSA) is 136 Å².